The highest BCUT2D eigenvalue weighted by molar-refractivity contribution is 5.38. The normalized spacial score (nSPS) is 54.3. The first-order valence-electron chi connectivity index (χ1n) is 31.8. The van der Waals surface area contributed by atoms with E-state index < -0.39 is 226 Å². The standard InChI is InChI=1S/C61H100O29/c1-24-34(65)39(70)45(76)53(84-24)90-48-42(73)37(68)29(20-80-51-43(74)40(71)35(66)27(18-62)85-51)88-55(48)82-22-61-16-15-59(7)25(26(61)17-56(2,3)49(78)50(61)79)9-10-32-58(6)13-12-33(57(4,5)31(58)11-14-60(32,59)8)89-54-46(77)47(83-23-64)38(69)30(87-54)21-81-52-44(75)41(72)36(67)28(19-63)86-52/h9,23-24,26-55,62-63,65-79H,10-22H2,1-8H3/t24?,26?,27?,28?,29?,30?,31?,32?,33-,34-,35+,36+,37+,38+,39?,40?,41?,42?,43?,44?,45?,46?,47?,48?,49-,50-,51+,52+,53-,54-,55+,58-,59+,60+,61-/m0/s1. The highest BCUT2D eigenvalue weighted by atomic mass is 16.8. The van der Waals surface area contributed by atoms with Crippen LogP contribution in [0.2, 0.25) is 0 Å². The van der Waals surface area contributed by atoms with E-state index >= 15 is 0 Å². The number of carbonyl (C=O) groups excluding carboxylic acids is 1. The molecule has 0 aromatic rings. The molecule has 518 valence electrons. The second-order valence-electron chi connectivity index (χ2n) is 29.5. The number of allylic oxidation sites excluding steroid dienone is 2. The van der Waals surface area contributed by atoms with Crippen LogP contribution < -0.4 is 0 Å². The molecule has 90 heavy (non-hydrogen) atoms. The summed E-state index contributed by atoms with van der Waals surface area (Å²) in [6, 6.07) is 0. The Morgan fingerprint density at radius 1 is 0.511 bits per heavy atom. The van der Waals surface area contributed by atoms with Gasteiger partial charge in [0.2, 0.25) is 0 Å². The molecule has 0 amide bonds. The van der Waals surface area contributed by atoms with Gasteiger partial charge >= 0.3 is 0 Å². The summed E-state index contributed by atoms with van der Waals surface area (Å²) in [5.41, 5.74) is -2.63. The number of hydrogen-bond acceptors (Lipinski definition) is 29. The van der Waals surface area contributed by atoms with Crippen molar-refractivity contribution in [2.24, 2.45) is 50.2 Å². The molecule has 0 aromatic heterocycles. The zero-order chi connectivity index (χ0) is 65.9. The van der Waals surface area contributed by atoms with Gasteiger partial charge in [-0.25, -0.2) is 0 Å². The van der Waals surface area contributed by atoms with Gasteiger partial charge in [0.05, 0.1) is 57.5 Å². The van der Waals surface area contributed by atoms with Gasteiger partial charge in [-0.15, -0.1) is 0 Å². The number of hydrogen-bond donors (Lipinski definition) is 17. The van der Waals surface area contributed by atoms with Gasteiger partial charge in [0.15, 0.2) is 37.6 Å². The van der Waals surface area contributed by atoms with E-state index in [0.29, 0.717) is 38.5 Å². The molecule has 17 N–H and O–H groups in total. The number of aliphatic hydroxyl groups is 17. The largest absolute Gasteiger partial charge is 0.459 e. The van der Waals surface area contributed by atoms with Crippen molar-refractivity contribution >= 4 is 6.47 Å². The molecule has 5 heterocycles. The predicted octanol–water partition coefficient (Wildman–Crippen LogP) is -4.59. The van der Waals surface area contributed by atoms with E-state index in [2.05, 4.69) is 40.7 Å². The fourth-order valence-corrected chi connectivity index (χ4v) is 18.2. The van der Waals surface area contributed by atoms with E-state index in [4.69, 9.17) is 52.1 Å². The van der Waals surface area contributed by atoms with Gasteiger partial charge in [-0.2, -0.15) is 0 Å². The first-order valence-corrected chi connectivity index (χ1v) is 31.8. The lowest BCUT2D eigenvalue weighted by atomic mass is 9.33. The SMILES string of the molecule is CC1O[C@@H](OC2C(O)[C@H](O)C(CO[C@@H]3OC(CO)[C@@H](O)C(O)C3O)O[C@H]2OC[C@@]23CC[C@]4(C)C(=CCC5[C@@]6(C)CC[C@H](O[C@@H]7OC(CO[C@@H]8OC(CO)[C@@H](O)C(O)C8O)[C@@H](O)C(OC=O)C7O)C(C)(C)C6CC[C@]54C)C2CC(C)(C)[C@@H](O)[C@@H]3O)C(O)C(O)[C@H]1O. The fourth-order valence-electron chi connectivity index (χ4n) is 18.2. The molecule has 29 heteroatoms. The average molecular weight is 1300 g/mol. The Morgan fingerprint density at radius 3 is 1.63 bits per heavy atom. The summed E-state index contributed by atoms with van der Waals surface area (Å²) in [5.74, 6) is -0.265. The summed E-state index contributed by atoms with van der Waals surface area (Å²) in [6.45, 7) is 13.6. The minimum absolute atomic E-state index is 0.0447. The highest BCUT2D eigenvalue weighted by Gasteiger charge is 2.71. The van der Waals surface area contributed by atoms with Crippen molar-refractivity contribution in [1.29, 1.82) is 0 Å². The van der Waals surface area contributed by atoms with Crippen molar-refractivity contribution in [3.63, 3.8) is 0 Å². The molecule has 0 radical (unpaired) electrons. The van der Waals surface area contributed by atoms with E-state index in [9.17, 15) is 91.6 Å². The van der Waals surface area contributed by atoms with E-state index in [0.717, 1.165) is 18.4 Å². The van der Waals surface area contributed by atoms with Crippen LogP contribution in [-0.2, 0) is 56.9 Å². The summed E-state index contributed by atoms with van der Waals surface area (Å²) in [5, 5.41) is 186. The van der Waals surface area contributed by atoms with Crippen LogP contribution in [0.1, 0.15) is 107 Å². The zero-order valence-corrected chi connectivity index (χ0v) is 52.2. The predicted molar refractivity (Wildman–Crippen MR) is 302 cm³/mol. The van der Waals surface area contributed by atoms with Gasteiger partial charge in [0.25, 0.3) is 6.47 Å². The quantitative estimate of drug-likeness (QED) is 0.0370. The van der Waals surface area contributed by atoms with Crippen molar-refractivity contribution in [2.75, 3.05) is 33.0 Å². The molecule has 0 aromatic carbocycles. The van der Waals surface area contributed by atoms with Crippen molar-refractivity contribution in [2.45, 2.75) is 279 Å². The van der Waals surface area contributed by atoms with Gasteiger partial charge in [-0.1, -0.05) is 60.1 Å². The number of carbonyl (C=O) groups is 1. The fraction of sp³-hybridized carbons (Fsp3) is 0.951. The maximum atomic E-state index is 12.7. The van der Waals surface area contributed by atoms with Crippen molar-refractivity contribution in [3.05, 3.63) is 11.6 Å². The first kappa shape index (κ1) is 70.9. The Bertz CT molecular complexity index is 2470. The number of ether oxygens (including phenoxy) is 11. The van der Waals surface area contributed by atoms with Crippen LogP contribution in [0.25, 0.3) is 0 Å². The first-order chi connectivity index (χ1) is 42.2. The summed E-state index contributed by atoms with van der Waals surface area (Å²) >= 11 is 0. The molecule has 5 aliphatic carbocycles. The van der Waals surface area contributed by atoms with Gasteiger partial charge in [0.1, 0.15) is 110 Å². The van der Waals surface area contributed by atoms with Crippen LogP contribution in [0.15, 0.2) is 11.6 Å². The molecule has 10 aliphatic rings. The molecule has 0 spiro atoms. The third-order valence-electron chi connectivity index (χ3n) is 24.0. The second-order valence-corrected chi connectivity index (χ2v) is 29.5. The Morgan fingerprint density at radius 2 is 1.04 bits per heavy atom. The summed E-state index contributed by atoms with van der Waals surface area (Å²) in [6.07, 6.45) is -36.7. The van der Waals surface area contributed by atoms with Crippen LogP contribution >= 0.6 is 0 Å². The maximum Gasteiger partial charge on any atom is 0.293 e. The Labute approximate surface area is 522 Å². The van der Waals surface area contributed by atoms with E-state index in [1.807, 2.05) is 13.8 Å². The average Bonchev–Trinajstić information content (AvgIpc) is 0.676. The molecule has 18 unspecified atom stereocenters. The Kier molecular flexibility index (Phi) is 20.9. The number of aliphatic hydroxyl groups excluding tert-OH is 17. The van der Waals surface area contributed by atoms with E-state index in [1.54, 1.807) is 0 Å². The lowest BCUT2D eigenvalue weighted by molar-refractivity contribution is -0.374. The molecule has 35 atom stereocenters. The third-order valence-corrected chi connectivity index (χ3v) is 24.0. The minimum atomic E-state index is -1.92. The van der Waals surface area contributed by atoms with Gasteiger partial charge < -0.3 is 139 Å². The third kappa shape index (κ3) is 11.9. The zero-order valence-electron chi connectivity index (χ0n) is 52.2. The number of rotatable bonds is 17. The molecule has 4 saturated carbocycles. The molecule has 0 bridgehead atoms. The van der Waals surface area contributed by atoms with Crippen LogP contribution in [0.4, 0.5) is 0 Å². The molecule has 29 nitrogen and oxygen atoms in total. The lowest BCUT2D eigenvalue weighted by Gasteiger charge is -2.72. The van der Waals surface area contributed by atoms with Crippen LogP contribution in [0, 0.1) is 50.2 Å². The van der Waals surface area contributed by atoms with Crippen molar-refractivity contribution in [3.8, 4) is 0 Å². The van der Waals surface area contributed by atoms with Crippen LogP contribution in [0.5, 0.6) is 0 Å². The van der Waals surface area contributed by atoms with Gasteiger partial charge in [-0.05, 0) is 103 Å². The summed E-state index contributed by atoms with van der Waals surface area (Å²) in [7, 11) is 0. The van der Waals surface area contributed by atoms with Crippen molar-refractivity contribution in [1.82, 2.24) is 0 Å². The summed E-state index contributed by atoms with van der Waals surface area (Å²) < 4.78 is 65.7. The number of fused-ring (bicyclic) bond motifs is 7. The van der Waals surface area contributed by atoms with Crippen LogP contribution in [0.3, 0.4) is 0 Å². The highest BCUT2D eigenvalue weighted by Crippen LogP contribution is 2.76. The second kappa shape index (κ2) is 26.5. The molecule has 10 rings (SSSR count). The van der Waals surface area contributed by atoms with E-state index in [1.165, 1.54) is 6.92 Å². The van der Waals surface area contributed by atoms with Crippen LogP contribution in [-0.4, -0.2) is 298 Å². The molecule has 5 aliphatic heterocycles. The lowest BCUT2D eigenvalue weighted by Crippen LogP contribution is -2.69. The van der Waals surface area contributed by atoms with Gasteiger partial charge in [0, 0.05) is 5.41 Å². The monoisotopic (exact) mass is 1300 g/mol. The minimum Gasteiger partial charge on any atom is -0.459 e. The molecule has 5 saturated heterocycles. The smallest absolute Gasteiger partial charge is 0.293 e. The Balaban J connectivity index is 0.892. The molecule has 9 fully saturated rings. The maximum absolute atomic E-state index is 12.7. The van der Waals surface area contributed by atoms with Gasteiger partial charge in [-0.3, -0.25) is 4.79 Å². The van der Waals surface area contributed by atoms with Crippen molar-refractivity contribution < 1.29 is 144 Å². The molecular formula is C61H100O29. The Hall–Kier alpha value is -1.87. The molecular weight excluding hydrogens is 1200 g/mol. The summed E-state index contributed by atoms with van der Waals surface area (Å²) in [4.78, 5) is 11.8. The van der Waals surface area contributed by atoms with E-state index in [-0.39, 0.29) is 35.7 Å². The topological polar surface area (TPSA) is 463 Å².